The van der Waals surface area contributed by atoms with E-state index in [2.05, 4.69) is 26.1 Å². The summed E-state index contributed by atoms with van der Waals surface area (Å²) in [7, 11) is 0. The maximum absolute atomic E-state index is 12.2. The molecular weight excluding hydrogens is 318 g/mol. The van der Waals surface area contributed by atoms with Gasteiger partial charge in [0.15, 0.2) is 0 Å². The summed E-state index contributed by atoms with van der Waals surface area (Å²) in [6.45, 7) is 15.6. The lowest BCUT2D eigenvalue weighted by molar-refractivity contribution is -0.122. The van der Waals surface area contributed by atoms with Gasteiger partial charge in [-0.05, 0) is 58.9 Å². The summed E-state index contributed by atoms with van der Waals surface area (Å²) in [5, 5.41) is 3.04. The van der Waals surface area contributed by atoms with E-state index >= 15 is 0 Å². The second kappa shape index (κ2) is 10.6. The van der Waals surface area contributed by atoms with Crippen molar-refractivity contribution in [2.24, 2.45) is 11.1 Å². The van der Waals surface area contributed by atoms with Gasteiger partial charge in [-0.3, -0.25) is 4.79 Å². The molecule has 1 atom stereocenters. The quantitative estimate of drug-likeness (QED) is 0.620. The summed E-state index contributed by atoms with van der Waals surface area (Å²) < 4.78 is 5.43. The SMILES string of the molecule is CC(NC(=O)CCCCN(CCCN)C(=O)OC(C)(C)C)C(C)(C)C. The number of nitrogens with zero attached hydrogens (tertiary/aromatic N) is 1. The van der Waals surface area contributed by atoms with Crippen LogP contribution in [0.15, 0.2) is 0 Å². The van der Waals surface area contributed by atoms with Gasteiger partial charge in [0.2, 0.25) is 5.91 Å². The number of nitrogens with one attached hydrogen (secondary N) is 1. The standard InChI is InChI=1S/C19H39N3O3/c1-15(18(2,3)4)21-16(23)11-8-9-13-22(14-10-12-20)17(24)25-19(5,6)7/h15H,8-14,20H2,1-7H3,(H,21,23). The lowest BCUT2D eigenvalue weighted by atomic mass is 9.88. The molecule has 6 nitrogen and oxygen atoms in total. The average Bonchev–Trinajstić information content (AvgIpc) is 2.43. The van der Waals surface area contributed by atoms with Crippen LogP contribution in [-0.2, 0) is 9.53 Å². The monoisotopic (exact) mass is 357 g/mol. The lowest BCUT2D eigenvalue weighted by Crippen LogP contribution is -2.41. The fraction of sp³-hybridized carbons (Fsp3) is 0.895. The zero-order valence-electron chi connectivity index (χ0n) is 17.3. The second-order valence-corrected chi connectivity index (χ2v) is 8.72. The Balaban J connectivity index is 4.29. The minimum atomic E-state index is -0.513. The predicted octanol–water partition coefficient (Wildman–Crippen LogP) is 3.29. The zero-order chi connectivity index (χ0) is 19.7. The minimum absolute atomic E-state index is 0.0470. The first-order chi connectivity index (χ1) is 11.4. The van der Waals surface area contributed by atoms with Crippen molar-refractivity contribution < 1.29 is 14.3 Å². The average molecular weight is 358 g/mol. The van der Waals surface area contributed by atoms with E-state index in [0.717, 1.165) is 19.3 Å². The van der Waals surface area contributed by atoms with Crippen LogP contribution < -0.4 is 11.1 Å². The Morgan fingerprint density at radius 3 is 2.08 bits per heavy atom. The molecule has 0 saturated heterocycles. The molecule has 0 rings (SSSR count). The van der Waals surface area contributed by atoms with Crippen molar-refractivity contribution in [1.82, 2.24) is 10.2 Å². The molecule has 0 aliphatic rings. The molecule has 3 N–H and O–H groups in total. The van der Waals surface area contributed by atoms with E-state index in [1.807, 2.05) is 27.7 Å². The van der Waals surface area contributed by atoms with Gasteiger partial charge in [0.1, 0.15) is 5.60 Å². The van der Waals surface area contributed by atoms with Crippen LogP contribution >= 0.6 is 0 Å². The Bertz CT molecular complexity index is 411. The fourth-order valence-electron chi connectivity index (χ4n) is 2.02. The molecule has 25 heavy (non-hydrogen) atoms. The topological polar surface area (TPSA) is 84.7 Å². The van der Waals surface area contributed by atoms with E-state index in [0.29, 0.717) is 26.1 Å². The number of hydrogen-bond acceptors (Lipinski definition) is 4. The maximum Gasteiger partial charge on any atom is 0.410 e. The lowest BCUT2D eigenvalue weighted by Gasteiger charge is -2.28. The van der Waals surface area contributed by atoms with E-state index in [4.69, 9.17) is 10.5 Å². The van der Waals surface area contributed by atoms with Gasteiger partial charge in [0.05, 0.1) is 0 Å². The number of carbonyl (C=O) groups excluding carboxylic acids is 2. The third kappa shape index (κ3) is 11.8. The highest BCUT2D eigenvalue weighted by molar-refractivity contribution is 5.76. The third-order valence-electron chi connectivity index (χ3n) is 4.04. The molecule has 0 bridgehead atoms. The van der Waals surface area contributed by atoms with Crippen molar-refractivity contribution in [2.45, 2.75) is 85.8 Å². The Labute approximate surface area is 153 Å². The molecule has 0 radical (unpaired) electrons. The number of ether oxygens (including phenoxy) is 1. The van der Waals surface area contributed by atoms with Crippen LogP contribution in [0.25, 0.3) is 0 Å². The van der Waals surface area contributed by atoms with Crippen molar-refractivity contribution in [1.29, 1.82) is 0 Å². The highest BCUT2D eigenvalue weighted by Gasteiger charge is 2.23. The van der Waals surface area contributed by atoms with Crippen LogP contribution in [0.5, 0.6) is 0 Å². The van der Waals surface area contributed by atoms with E-state index in [-0.39, 0.29) is 23.5 Å². The van der Waals surface area contributed by atoms with Crippen LogP contribution in [0.2, 0.25) is 0 Å². The number of amides is 2. The van der Waals surface area contributed by atoms with E-state index in [1.165, 1.54) is 0 Å². The summed E-state index contributed by atoms with van der Waals surface area (Å²) in [5.41, 5.74) is 5.08. The van der Waals surface area contributed by atoms with Crippen LogP contribution in [0, 0.1) is 5.41 Å². The first-order valence-corrected chi connectivity index (χ1v) is 9.34. The molecule has 0 spiro atoms. The van der Waals surface area contributed by atoms with Crippen molar-refractivity contribution in [3.05, 3.63) is 0 Å². The van der Waals surface area contributed by atoms with Gasteiger partial charge in [0, 0.05) is 25.6 Å². The van der Waals surface area contributed by atoms with Crippen molar-refractivity contribution in [3.63, 3.8) is 0 Å². The fourth-order valence-corrected chi connectivity index (χ4v) is 2.02. The van der Waals surface area contributed by atoms with E-state index in [9.17, 15) is 9.59 Å². The Morgan fingerprint density at radius 1 is 1.04 bits per heavy atom. The van der Waals surface area contributed by atoms with Gasteiger partial charge in [-0.2, -0.15) is 0 Å². The highest BCUT2D eigenvalue weighted by Crippen LogP contribution is 2.18. The second-order valence-electron chi connectivity index (χ2n) is 8.72. The number of carbonyl (C=O) groups is 2. The van der Waals surface area contributed by atoms with Gasteiger partial charge in [-0.1, -0.05) is 20.8 Å². The van der Waals surface area contributed by atoms with Crippen LogP contribution in [0.1, 0.15) is 74.1 Å². The van der Waals surface area contributed by atoms with E-state index < -0.39 is 5.60 Å². The molecule has 0 aromatic heterocycles. The first-order valence-electron chi connectivity index (χ1n) is 9.34. The normalized spacial score (nSPS) is 13.3. The highest BCUT2D eigenvalue weighted by atomic mass is 16.6. The molecule has 148 valence electrons. The van der Waals surface area contributed by atoms with Gasteiger partial charge in [-0.15, -0.1) is 0 Å². The Morgan fingerprint density at radius 2 is 1.60 bits per heavy atom. The number of nitrogens with two attached hydrogens (primary N) is 1. The molecule has 6 heteroatoms. The molecule has 0 heterocycles. The summed E-state index contributed by atoms with van der Waals surface area (Å²) in [4.78, 5) is 25.9. The minimum Gasteiger partial charge on any atom is -0.444 e. The van der Waals surface area contributed by atoms with Crippen LogP contribution in [0.3, 0.4) is 0 Å². The van der Waals surface area contributed by atoms with E-state index in [1.54, 1.807) is 4.90 Å². The molecule has 0 fully saturated rings. The zero-order valence-corrected chi connectivity index (χ0v) is 17.3. The summed E-state index contributed by atoms with van der Waals surface area (Å²) in [6, 6.07) is 0.128. The number of rotatable bonds is 9. The molecule has 0 aliphatic heterocycles. The first kappa shape index (κ1) is 23.7. The Kier molecular flexibility index (Phi) is 10.1. The molecule has 0 saturated carbocycles. The largest absolute Gasteiger partial charge is 0.444 e. The predicted molar refractivity (Wildman–Crippen MR) is 102 cm³/mol. The van der Waals surface area contributed by atoms with Gasteiger partial charge in [0.25, 0.3) is 0 Å². The molecule has 0 aliphatic carbocycles. The third-order valence-corrected chi connectivity index (χ3v) is 4.04. The molecule has 1 unspecified atom stereocenters. The smallest absolute Gasteiger partial charge is 0.410 e. The summed E-state index contributed by atoms with van der Waals surface area (Å²) >= 11 is 0. The van der Waals surface area contributed by atoms with Gasteiger partial charge in [-0.25, -0.2) is 4.79 Å². The van der Waals surface area contributed by atoms with Crippen LogP contribution in [-0.4, -0.2) is 48.2 Å². The molecule has 0 aromatic carbocycles. The van der Waals surface area contributed by atoms with Gasteiger partial charge < -0.3 is 20.7 Å². The molecule has 0 aromatic rings. The van der Waals surface area contributed by atoms with Crippen molar-refractivity contribution >= 4 is 12.0 Å². The molecule has 2 amide bonds. The number of unbranched alkanes of at least 4 members (excludes halogenated alkanes) is 1. The summed E-state index contributed by atoms with van der Waals surface area (Å²) in [6.07, 6.45) is 2.40. The number of hydrogen-bond donors (Lipinski definition) is 2. The Hall–Kier alpha value is -1.30. The maximum atomic E-state index is 12.2. The van der Waals surface area contributed by atoms with Crippen LogP contribution in [0.4, 0.5) is 4.79 Å². The van der Waals surface area contributed by atoms with Crippen molar-refractivity contribution in [3.8, 4) is 0 Å². The van der Waals surface area contributed by atoms with Crippen molar-refractivity contribution in [2.75, 3.05) is 19.6 Å². The van der Waals surface area contributed by atoms with Gasteiger partial charge >= 0.3 is 6.09 Å². The summed E-state index contributed by atoms with van der Waals surface area (Å²) in [5.74, 6) is 0.0631. The molecular formula is C19H39N3O3.